The molecule has 146 valence electrons. The SMILES string of the molecule is O=C(O)Cc1cc[c-](CC(=O)O)c1.O=C(O)Cc1cc[c-](CC(=O)O)c1.[Fe+2]. The van der Waals surface area contributed by atoms with Crippen molar-refractivity contribution in [2.24, 2.45) is 0 Å². The number of carbonyl (C=O) groups is 4. The number of rotatable bonds is 8. The largest absolute Gasteiger partial charge is 2.00 e. The van der Waals surface area contributed by atoms with E-state index in [2.05, 4.69) is 0 Å². The standard InChI is InChI=1S/2C9H9O4.Fe/c2*10-8(11)4-6-1-2-7(3-6)5-9(12)13;/h2*1-3H,4-5H2,(H,10,11)(H,12,13);/q2*-1;+2. The monoisotopic (exact) mass is 418 g/mol. The number of carboxylic acids is 4. The molecule has 0 aliphatic rings. The minimum atomic E-state index is -0.910. The summed E-state index contributed by atoms with van der Waals surface area (Å²) in [5.74, 6) is -3.64. The van der Waals surface area contributed by atoms with Crippen molar-refractivity contribution >= 4 is 23.9 Å². The zero-order chi connectivity index (χ0) is 19.7. The van der Waals surface area contributed by atoms with Crippen LogP contribution in [0.3, 0.4) is 0 Å². The first kappa shape index (κ1) is 24.1. The van der Waals surface area contributed by atoms with Crippen LogP contribution in [0.4, 0.5) is 0 Å². The van der Waals surface area contributed by atoms with Gasteiger partial charge in [0.1, 0.15) is 0 Å². The van der Waals surface area contributed by atoms with E-state index in [0.29, 0.717) is 22.3 Å². The molecule has 2 aromatic rings. The fourth-order valence-corrected chi connectivity index (χ4v) is 2.24. The first-order valence-electron chi connectivity index (χ1n) is 7.52. The predicted molar refractivity (Wildman–Crippen MR) is 89.4 cm³/mol. The van der Waals surface area contributed by atoms with E-state index in [-0.39, 0.29) is 42.8 Å². The molecule has 0 fully saturated rings. The maximum absolute atomic E-state index is 10.3. The van der Waals surface area contributed by atoms with E-state index in [1.165, 1.54) is 0 Å². The smallest absolute Gasteiger partial charge is 0.482 e. The zero-order valence-corrected chi connectivity index (χ0v) is 15.2. The summed E-state index contributed by atoms with van der Waals surface area (Å²) >= 11 is 0. The molecule has 0 aromatic heterocycles. The maximum atomic E-state index is 10.3. The Labute approximate surface area is 165 Å². The van der Waals surface area contributed by atoms with Gasteiger partial charge in [-0.1, -0.05) is 0 Å². The summed E-state index contributed by atoms with van der Waals surface area (Å²) in [7, 11) is 0. The minimum Gasteiger partial charge on any atom is -0.482 e. The van der Waals surface area contributed by atoms with E-state index in [1.807, 2.05) is 0 Å². The number of aliphatic carboxylic acids is 4. The van der Waals surface area contributed by atoms with Crippen LogP contribution in [-0.4, -0.2) is 44.3 Å². The van der Waals surface area contributed by atoms with Crippen molar-refractivity contribution in [3.05, 3.63) is 58.7 Å². The van der Waals surface area contributed by atoms with Gasteiger partial charge in [0.15, 0.2) is 0 Å². The second-order valence-electron chi connectivity index (χ2n) is 5.54. The van der Waals surface area contributed by atoms with Crippen LogP contribution in [0.1, 0.15) is 22.3 Å². The Morgan fingerprint density at radius 2 is 1.00 bits per heavy atom. The van der Waals surface area contributed by atoms with Crippen molar-refractivity contribution < 1.29 is 56.7 Å². The predicted octanol–water partition coefficient (Wildman–Crippen LogP) is 1.32. The third kappa shape index (κ3) is 10.6. The summed E-state index contributed by atoms with van der Waals surface area (Å²) in [6, 6.07) is 9.72. The summed E-state index contributed by atoms with van der Waals surface area (Å²) in [6.07, 6.45) is -0.224. The molecular formula is C18H18FeO8. The molecule has 0 amide bonds. The average molecular weight is 418 g/mol. The molecule has 0 radical (unpaired) electrons. The van der Waals surface area contributed by atoms with Gasteiger partial charge in [-0.3, -0.25) is 19.2 Å². The fraction of sp³-hybridized carbons (Fsp3) is 0.222. The van der Waals surface area contributed by atoms with Crippen LogP contribution in [0.2, 0.25) is 0 Å². The van der Waals surface area contributed by atoms with Crippen molar-refractivity contribution in [1.82, 2.24) is 0 Å². The molecule has 0 aliphatic carbocycles. The van der Waals surface area contributed by atoms with Crippen LogP contribution in [-0.2, 0) is 61.9 Å². The minimum absolute atomic E-state index is 0. The van der Waals surface area contributed by atoms with Crippen LogP contribution in [0, 0.1) is 0 Å². The summed E-state index contributed by atoms with van der Waals surface area (Å²) in [5.41, 5.74) is 2.57. The summed E-state index contributed by atoms with van der Waals surface area (Å²) in [5, 5.41) is 33.8. The maximum Gasteiger partial charge on any atom is 2.00 e. The van der Waals surface area contributed by atoms with Crippen molar-refractivity contribution in [2.45, 2.75) is 25.7 Å². The fourth-order valence-electron chi connectivity index (χ4n) is 2.24. The van der Waals surface area contributed by atoms with Gasteiger partial charge in [0.25, 0.3) is 23.9 Å². The Kier molecular flexibility index (Phi) is 10.4. The van der Waals surface area contributed by atoms with Gasteiger partial charge in [0.05, 0.1) is 0 Å². The molecule has 8 nitrogen and oxygen atoms in total. The van der Waals surface area contributed by atoms with Gasteiger partial charge in [-0.15, -0.1) is 11.1 Å². The van der Waals surface area contributed by atoms with Gasteiger partial charge >= 0.3 is 17.1 Å². The Morgan fingerprint density at radius 3 is 1.26 bits per heavy atom. The topological polar surface area (TPSA) is 149 Å². The molecule has 9 heteroatoms. The van der Waals surface area contributed by atoms with Gasteiger partial charge in [0, 0.05) is 25.7 Å². The van der Waals surface area contributed by atoms with Crippen LogP contribution in [0.25, 0.3) is 0 Å². The first-order valence-corrected chi connectivity index (χ1v) is 7.52. The third-order valence-electron chi connectivity index (χ3n) is 3.19. The summed E-state index contributed by atoms with van der Waals surface area (Å²) in [4.78, 5) is 41.1. The number of hydrogen-bond donors (Lipinski definition) is 4. The normalized spacial score (nSPS) is 9.48. The van der Waals surface area contributed by atoms with Crippen LogP contribution in [0.15, 0.2) is 36.4 Å². The molecule has 0 saturated heterocycles. The van der Waals surface area contributed by atoms with Crippen LogP contribution < -0.4 is 0 Å². The Bertz CT molecular complexity index is 660. The van der Waals surface area contributed by atoms with Gasteiger partial charge < -0.3 is 20.4 Å². The second kappa shape index (κ2) is 11.7. The molecule has 0 atom stereocenters. The quantitative estimate of drug-likeness (QED) is 0.370. The first-order chi connectivity index (χ1) is 12.2. The molecule has 27 heavy (non-hydrogen) atoms. The van der Waals surface area contributed by atoms with Gasteiger partial charge in [0.2, 0.25) is 0 Å². The molecule has 0 saturated carbocycles. The second-order valence-corrected chi connectivity index (χ2v) is 5.54. The van der Waals surface area contributed by atoms with E-state index in [9.17, 15) is 19.2 Å². The molecule has 0 unspecified atom stereocenters. The van der Waals surface area contributed by atoms with E-state index in [0.717, 1.165) is 0 Å². The van der Waals surface area contributed by atoms with E-state index < -0.39 is 23.9 Å². The molecule has 0 bridgehead atoms. The van der Waals surface area contributed by atoms with Crippen molar-refractivity contribution in [3.8, 4) is 0 Å². The van der Waals surface area contributed by atoms with Crippen molar-refractivity contribution in [1.29, 1.82) is 0 Å². The molecule has 0 aliphatic heterocycles. The molecule has 2 rings (SSSR count). The molecular weight excluding hydrogens is 400 g/mol. The van der Waals surface area contributed by atoms with Crippen LogP contribution >= 0.6 is 0 Å². The molecule has 2 aromatic carbocycles. The third-order valence-corrected chi connectivity index (χ3v) is 3.19. The summed E-state index contributed by atoms with van der Waals surface area (Å²) in [6.45, 7) is 0. The van der Waals surface area contributed by atoms with E-state index in [4.69, 9.17) is 20.4 Å². The van der Waals surface area contributed by atoms with E-state index in [1.54, 1.807) is 36.4 Å². The average Bonchev–Trinajstić information content (AvgIpc) is 3.07. The molecule has 4 N–H and O–H groups in total. The Morgan fingerprint density at radius 1 is 0.667 bits per heavy atom. The number of hydrogen-bond acceptors (Lipinski definition) is 4. The van der Waals surface area contributed by atoms with Gasteiger partial charge in [-0.05, 0) is 0 Å². The molecule has 0 spiro atoms. The zero-order valence-electron chi connectivity index (χ0n) is 14.1. The summed E-state index contributed by atoms with van der Waals surface area (Å²) < 4.78 is 0. The van der Waals surface area contributed by atoms with E-state index >= 15 is 0 Å². The van der Waals surface area contributed by atoms with Gasteiger partial charge in [-0.2, -0.15) is 35.4 Å². The van der Waals surface area contributed by atoms with Gasteiger partial charge in [-0.25, -0.2) is 12.1 Å². The number of carboxylic acid groups (broad SMARTS) is 4. The van der Waals surface area contributed by atoms with Crippen molar-refractivity contribution in [3.63, 3.8) is 0 Å². The Balaban J connectivity index is 0.000000483. The molecule has 0 heterocycles. The van der Waals surface area contributed by atoms with Crippen molar-refractivity contribution in [2.75, 3.05) is 0 Å². The van der Waals surface area contributed by atoms with Crippen LogP contribution in [0.5, 0.6) is 0 Å². The Hall–Kier alpha value is -2.90.